The summed E-state index contributed by atoms with van der Waals surface area (Å²) in [6, 6.07) is 2.25. The topological polar surface area (TPSA) is 58.0 Å². The van der Waals surface area contributed by atoms with Crippen molar-refractivity contribution in [2.24, 2.45) is 0 Å². The van der Waals surface area contributed by atoms with Crippen LogP contribution in [0, 0.1) is 5.82 Å². The zero-order valence-electron chi connectivity index (χ0n) is 16.4. The van der Waals surface area contributed by atoms with E-state index in [4.69, 9.17) is 4.98 Å². The maximum atomic E-state index is 15.1. The molecule has 2 saturated carbocycles. The fourth-order valence-corrected chi connectivity index (χ4v) is 4.31. The predicted molar refractivity (Wildman–Crippen MR) is 106 cm³/mol. The first-order valence-corrected chi connectivity index (χ1v) is 10.5. The second-order valence-electron chi connectivity index (χ2n) is 8.42. The average molecular weight is 382 g/mol. The highest BCUT2D eigenvalue weighted by Gasteiger charge is 2.31. The van der Waals surface area contributed by atoms with Gasteiger partial charge in [-0.2, -0.15) is 0 Å². The summed E-state index contributed by atoms with van der Waals surface area (Å²) in [4.78, 5) is 22.1. The van der Waals surface area contributed by atoms with Crippen LogP contribution in [0.1, 0.15) is 68.3 Å². The van der Waals surface area contributed by atoms with Gasteiger partial charge in [0.05, 0.1) is 5.69 Å². The number of hydrogen-bond acceptors (Lipinski definition) is 6. The number of aromatic nitrogens is 4. The maximum absolute atomic E-state index is 15.1. The maximum Gasteiger partial charge on any atom is 0.187 e. The molecule has 0 N–H and O–H groups in total. The number of hydrogen-bond donors (Lipinski definition) is 0. The zero-order valence-corrected chi connectivity index (χ0v) is 16.4. The first kappa shape index (κ1) is 17.8. The summed E-state index contributed by atoms with van der Waals surface area (Å²) in [5.74, 6) is 2.99. The van der Waals surface area contributed by atoms with Crippen LogP contribution >= 0.6 is 0 Å². The Kier molecular flexibility index (Phi) is 4.61. The quantitative estimate of drug-likeness (QED) is 0.787. The summed E-state index contributed by atoms with van der Waals surface area (Å²) in [6.07, 6.45) is 11.1. The Morgan fingerprint density at radius 1 is 1.04 bits per heavy atom. The molecule has 0 bridgehead atoms. The van der Waals surface area contributed by atoms with Gasteiger partial charge in [-0.1, -0.05) is 6.42 Å². The minimum atomic E-state index is -0.214. The fraction of sp³-hybridized carbons (Fsp3) is 0.619. The Morgan fingerprint density at radius 2 is 1.89 bits per heavy atom. The lowest BCUT2D eigenvalue weighted by Gasteiger charge is -2.39. The molecule has 2 aliphatic carbocycles. The number of halogens is 1. The van der Waals surface area contributed by atoms with E-state index in [2.05, 4.69) is 31.8 Å². The monoisotopic (exact) mass is 382 g/mol. The minimum Gasteiger partial charge on any atom is -0.355 e. The van der Waals surface area contributed by atoms with Gasteiger partial charge in [0.25, 0.3) is 0 Å². The summed E-state index contributed by atoms with van der Waals surface area (Å²) >= 11 is 0. The molecule has 6 nitrogen and oxygen atoms in total. The summed E-state index contributed by atoms with van der Waals surface area (Å²) in [5.41, 5.74) is 0.608. The SMILES string of the molecule is CN(c1ccnc(C2CC2)n1)C1CCCN(c2ncnc(C3CCC3)c2F)C1. The van der Waals surface area contributed by atoms with E-state index in [1.54, 1.807) is 0 Å². The molecule has 0 aromatic carbocycles. The lowest BCUT2D eigenvalue weighted by Crippen LogP contribution is -2.47. The molecule has 5 rings (SSSR count). The molecule has 3 fully saturated rings. The van der Waals surface area contributed by atoms with Gasteiger partial charge >= 0.3 is 0 Å². The normalized spacial score (nSPS) is 22.8. The number of nitrogens with zero attached hydrogens (tertiary/aromatic N) is 6. The molecule has 7 heteroatoms. The Morgan fingerprint density at radius 3 is 2.64 bits per heavy atom. The zero-order chi connectivity index (χ0) is 19.1. The van der Waals surface area contributed by atoms with Crippen LogP contribution in [-0.4, -0.2) is 46.1 Å². The van der Waals surface area contributed by atoms with Crippen molar-refractivity contribution in [3.05, 3.63) is 35.9 Å². The second kappa shape index (κ2) is 7.26. The first-order valence-electron chi connectivity index (χ1n) is 10.5. The molecule has 0 amide bonds. The van der Waals surface area contributed by atoms with Gasteiger partial charge in [0.2, 0.25) is 0 Å². The average Bonchev–Trinajstić information content (AvgIpc) is 3.53. The summed E-state index contributed by atoms with van der Waals surface area (Å²) in [7, 11) is 2.09. The van der Waals surface area contributed by atoms with Crippen molar-refractivity contribution in [2.75, 3.05) is 29.9 Å². The van der Waals surface area contributed by atoms with E-state index in [-0.39, 0.29) is 17.8 Å². The molecule has 2 aromatic rings. The van der Waals surface area contributed by atoms with E-state index >= 15 is 4.39 Å². The van der Waals surface area contributed by atoms with Crippen molar-refractivity contribution in [3.8, 4) is 0 Å². The highest BCUT2D eigenvalue weighted by atomic mass is 19.1. The van der Waals surface area contributed by atoms with Gasteiger partial charge in [-0.3, -0.25) is 0 Å². The Balaban J connectivity index is 1.34. The number of piperidine rings is 1. The molecule has 1 atom stereocenters. The third-order valence-corrected chi connectivity index (χ3v) is 6.50. The van der Waals surface area contributed by atoms with Gasteiger partial charge in [-0.15, -0.1) is 0 Å². The van der Waals surface area contributed by atoms with Crippen molar-refractivity contribution >= 4 is 11.6 Å². The lowest BCUT2D eigenvalue weighted by molar-refractivity contribution is 0.391. The highest BCUT2D eigenvalue weighted by molar-refractivity contribution is 5.45. The first-order chi connectivity index (χ1) is 13.7. The molecule has 1 aliphatic heterocycles. The number of rotatable bonds is 5. The molecule has 3 aliphatic rings. The summed E-state index contributed by atoms with van der Waals surface area (Å²) in [6.45, 7) is 1.58. The molecule has 0 radical (unpaired) electrons. The number of likely N-dealkylation sites (N-methyl/N-ethyl adjacent to an activating group) is 1. The van der Waals surface area contributed by atoms with Gasteiger partial charge in [0, 0.05) is 44.2 Å². The largest absolute Gasteiger partial charge is 0.355 e. The molecule has 2 aromatic heterocycles. The highest BCUT2D eigenvalue weighted by Crippen LogP contribution is 2.39. The van der Waals surface area contributed by atoms with Gasteiger partial charge in [0.15, 0.2) is 11.6 Å². The number of anilines is 2. The molecular formula is C21H27FN6. The van der Waals surface area contributed by atoms with Gasteiger partial charge in [-0.05, 0) is 44.6 Å². The summed E-state index contributed by atoms with van der Waals surface area (Å²) < 4.78 is 15.1. The van der Waals surface area contributed by atoms with Crippen LogP contribution in [0.4, 0.5) is 16.0 Å². The molecular weight excluding hydrogens is 355 g/mol. The molecule has 3 heterocycles. The van der Waals surface area contributed by atoms with Crippen LogP contribution in [0.15, 0.2) is 18.6 Å². The van der Waals surface area contributed by atoms with Gasteiger partial charge < -0.3 is 9.80 Å². The van der Waals surface area contributed by atoms with E-state index < -0.39 is 0 Å². The Hall–Kier alpha value is -2.31. The van der Waals surface area contributed by atoms with E-state index in [0.717, 1.165) is 50.4 Å². The van der Waals surface area contributed by atoms with Crippen molar-refractivity contribution in [3.63, 3.8) is 0 Å². The fourth-order valence-electron chi connectivity index (χ4n) is 4.31. The third-order valence-electron chi connectivity index (χ3n) is 6.50. The smallest absolute Gasteiger partial charge is 0.187 e. The Labute approximate surface area is 165 Å². The van der Waals surface area contributed by atoms with Crippen LogP contribution in [0.3, 0.4) is 0 Å². The van der Waals surface area contributed by atoms with Gasteiger partial charge in [0.1, 0.15) is 18.0 Å². The van der Waals surface area contributed by atoms with Crippen LogP contribution < -0.4 is 9.80 Å². The van der Waals surface area contributed by atoms with Crippen LogP contribution in [0.25, 0.3) is 0 Å². The van der Waals surface area contributed by atoms with Crippen molar-refractivity contribution in [2.45, 2.75) is 62.8 Å². The van der Waals surface area contributed by atoms with E-state index in [9.17, 15) is 0 Å². The van der Waals surface area contributed by atoms with Crippen LogP contribution in [-0.2, 0) is 0 Å². The van der Waals surface area contributed by atoms with E-state index in [1.165, 1.54) is 25.6 Å². The second-order valence-corrected chi connectivity index (χ2v) is 8.42. The lowest BCUT2D eigenvalue weighted by atomic mass is 9.82. The molecule has 1 saturated heterocycles. The summed E-state index contributed by atoms with van der Waals surface area (Å²) in [5, 5.41) is 0. The molecule has 28 heavy (non-hydrogen) atoms. The minimum absolute atomic E-state index is 0.214. The van der Waals surface area contributed by atoms with E-state index in [0.29, 0.717) is 17.4 Å². The van der Waals surface area contributed by atoms with Crippen molar-refractivity contribution in [1.29, 1.82) is 0 Å². The van der Waals surface area contributed by atoms with Crippen LogP contribution in [0.5, 0.6) is 0 Å². The van der Waals surface area contributed by atoms with Crippen molar-refractivity contribution < 1.29 is 4.39 Å². The van der Waals surface area contributed by atoms with Crippen LogP contribution in [0.2, 0.25) is 0 Å². The van der Waals surface area contributed by atoms with Crippen molar-refractivity contribution in [1.82, 2.24) is 19.9 Å². The molecule has 0 spiro atoms. The molecule has 1 unspecified atom stereocenters. The third kappa shape index (κ3) is 3.31. The van der Waals surface area contributed by atoms with Gasteiger partial charge in [-0.25, -0.2) is 24.3 Å². The van der Waals surface area contributed by atoms with E-state index in [1.807, 2.05) is 12.3 Å². The standard InChI is InChI=1S/C21H27FN6/c1-27(17-9-10-23-20(26-17)15-7-8-15)16-6-3-11-28(12-16)21-18(22)19(24-13-25-21)14-4-2-5-14/h9-10,13-16H,2-8,11-12H2,1H3. The Bertz CT molecular complexity index is 851. The predicted octanol–water partition coefficient (Wildman–Crippen LogP) is 3.66. The molecule has 148 valence electrons.